The molecule has 0 unspecified atom stereocenters. The predicted molar refractivity (Wildman–Crippen MR) is 92.4 cm³/mol. The molecule has 3 rings (SSSR count). The lowest BCUT2D eigenvalue weighted by atomic mass is 10.0. The van der Waals surface area contributed by atoms with E-state index < -0.39 is 0 Å². The lowest BCUT2D eigenvalue weighted by Gasteiger charge is -2.24. The predicted octanol–water partition coefficient (Wildman–Crippen LogP) is 3.10. The molecule has 0 aromatic carbocycles. The Labute approximate surface area is 146 Å². The quantitative estimate of drug-likeness (QED) is 0.859. The van der Waals surface area contributed by atoms with Crippen LogP contribution in [-0.4, -0.2) is 43.6 Å². The third kappa shape index (κ3) is 3.60. The zero-order valence-corrected chi connectivity index (χ0v) is 15.0. The summed E-state index contributed by atoms with van der Waals surface area (Å²) < 4.78 is 15.1. The maximum Gasteiger partial charge on any atom is 0.257 e. The molecule has 0 N–H and O–H groups in total. The minimum atomic E-state index is -0.268. The molecule has 0 atom stereocenters. The SMILES string of the molecule is Cc1cc(C)nc(-n2cc(C(=O)N3CCC=C(F)C3)c(C(C)C)n2)n1. The van der Waals surface area contributed by atoms with Gasteiger partial charge in [0.1, 0.15) is 5.83 Å². The van der Waals surface area contributed by atoms with Gasteiger partial charge in [-0.3, -0.25) is 4.79 Å². The number of rotatable bonds is 3. The highest BCUT2D eigenvalue weighted by Gasteiger charge is 2.26. The lowest BCUT2D eigenvalue weighted by Crippen LogP contribution is -2.35. The summed E-state index contributed by atoms with van der Waals surface area (Å²) in [5.41, 5.74) is 2.82. The van der Waals surface area contributed by atoms with Crippen molar-refractivity contribution in [3.8, 4) is 5.95 Å². The van der Waals surface area contributed by atoms with Crippen LogP contribution in [0.15, 0.2) is 24.2 Å². The molecule has 0 fully saturated rings. The van der Waals surface area contributed by atoms with Crippen molar-refractivity contribution in [1.82, 2.24) is 24.6 Å². The summed E-state index contributed by atoms with van der Waals surface area (Å²) in [4.78, 5) is 23.2. The van der Waals surface area contributed by atoms with Crippen molar-refractivity contribution >= 4 is 5.91 Å². The summed E-state index contributed by atoms with van der Waals surface area (Å²) >= 11 is 0. The van der Waals surface area contributed by atoms with Gasteiger partial charge in [-0.25, -0.2) is 19.0 Å². The molecule has 1 amide bonds. The first kappa shape index (κ1) is 17.3. The average Bonchev–Trinajstić information content (AvgIpc) is 2.99. The van der Waals surface area contributed by atoms with Crippen LogP contribution in [0.3, 0.4) is 0 Å². The monoisotopic (exact) mass is 343 g/mol. The van der Waals surface area contributed by atoms with Crippen LogP contribution in [0.2, 0.25) is 0 Å². The zero-order chi connectivity index (χ0) is 18.1. The van der Waals surface area contributed by atoms with E-state index in [0.29, 0.717) is 30.2 Å². The van der Waals surface area contributed by atoms with Gasteiger partial charge in [0, 0.05) is 24.1 Å². The summed E-state index contributed by atoms with van der Waals surface area (Å²) in [6.07, 6.45) is 3.71. The summed E-state index contributed by atoms with van der Waals surface area (Å²) in [5.74, 6) is 0.0118. The number of nitrogens with zero attached hydrogens (tertiary/aromatic N) is 5. The first-order valence-corrected chi connectivity index (χ1v) is 8.41. The van der Waals surface area contributed by atoms with Crippen molar-refractivity contribution in [3.05, 3.63) is 46.8 Å². The summed E-state index contributed by atoms with van der Waals surface area (Å²) in [6.45, 7) is 8.25. The van der Waals surface area contributed by atoms with Gasteiger partial charge in [0.05, 0.1) is 17.8 Å². The second-order valence-corrected chi connectivity index (χ2v) is 6.64. The van der Waals surface area contributed by atoms with E-state index in [1.807, 2.05) is 33.8 Å². The van der Waals surface area contributed by atoms with Gasteiger partial charge < -0.3 is 4.90 Å². The fraction of sp³-hybridized carbons (Fsp3) is 0.444. The molecule has 25 heavy (non-hydrogen) atoms. The maximum absolute atomic E-state index is 13.6. The smallest absolute Gasteiger partial charge is 0.257 e. The molecule has 132 valence electrons. The Balaban J connectivity index is 2.00. The van der Waals surface area contributed by atoms with Crippen molar-refractivity contribution in [2.45, 2.75) is 40.0 Å². The first-order valence-electron chi connectivity index (χ1n) is 8.41. The van der Waals surface area contributed by atoms with Crippen LogP contribution >= 0.6 is 0 Å². The second kappa shape index (κ2) is 6.74. The van der Waals surface area contributed by atoms with Gasteiger partial charge in [-0.15, -0.1) is 0 Å². The highest BCUT2D eigenvalue weighted by molar-refractivity contribution is 5.95. The van der Waals surface area contributed by atoms with Crippen molar-refractivity contribution in [2.75, 3.05) is 13.1 Å². The fourth-order valence-electron chi connectivity index (χ4n) is 2.94. The number of aryl methyl sites for hydroxylation is 2. The number of carbonyl (C=O) groups excluding carboxylic acids is 1. The van der Waals surface area contributed by atoms with E-state index in [1.54, 1.807) is 10.9 Å². The van der Waals surface area contributed by atoms with Crippen LogP contribution in [0.1, 0.15) is 53.6 Å². The molecule has 1 aliphatic rings. The third-order valence-corrected chi connectivity index (χ3v) is 4.09. The Kier molecular flexibility index (Phi) is 4.65. The van der Waals surface area contributed by atoms with E-state index in [1.165, 1.54) is 11.0 Å². The van der Waals surface area contributed by atoms with Crippen molar-refractivity contribution in [3.63, 3.8) is 0 Å². The molecule has 0 saturated carbocycles. The molecular weight excluding hydrogens is 321 g/mol. The lowest BCUT2D eigenvalue weighted by molar-refractivity contribution is 0.0754. The maximum atomic E-state index is 13.6. The highest BCUT2D eigenvalue weighted by atomic mass is 19.1. The summed E-state index contributed by atoms with van der Waals surface area (Å²) in [7, 11) is 0. The number of hydrogen-bond acceptors (Lipinski definition) is 4. The van der Waals surface area contributed by atoms with Crippen molar-refractivity contribution in [1.29, 1.82) is 0 Å². The summed E-state index contributed by atoms with van der Waals surface area (Å²) in [6, 6.07) is 1.88. The van der Waals surface area contributed by atoms with Crippen LogP contribution in [0, 0.1) is 13.8 Å². The Morgan fingerprint density at radius 1 is 1.24 bits per heavy atom. The minimum Gasteiger partial charge on any atom is -0.332 e. The van der Waals surface area contributed by atoms with Gasteiger partial charge in [-0.2, -0.15) is 5.10 Å². The van der Waals surface area contributed by atoms with E-state index >= 15 is 0 Å². The first-order chi connectivity index (χ1) is 11.8. The molecule has 2 aromatic rings. The van der Waals surface area contributed by atoms with Gasteiger partial charge in [0.25, 0.3) is 11.9 Å². The molecule has 0 bridgehead atoms. The van der Waals surface area contributed by atoms with E-state index in [9.17, 15) is 9.18 Å². The Morgan fingerprint density at radius 3 is 2.52 bits per heavy atom. The average molecular weight is 343 g/mol. The van der Waals surface area contributed by atoms with Crippen LogP contribution < -0.4 is 0 Å². The molecule has 0 spiro atoms. The third-order valence-electron chi connectivity index (χ3n) is 4.09. The number of halogens is 1. The molecule has 3 heterocycles. The number of amides is 1. The fourth-order valence-corrected chi connectivity index (χ4v) is 2.94. The molecular formula is C18H22FN5O. The van der Waals surface area contributed by atoms with Crippen molar-refractivity contribution < 1.29 is 9.18 Å². The Bertz CT molecular complexity index is 820. The van der Waals surface area contributed by atoms with E-state index in [2.05, 4.69) is 15.1 Å². The highest BCUT2D eigenvalue weighted by Crippen LogP contribution is 2.22. The Morgan fingerprint density at radius 2 is 1.92 bits per heavy atom. The molecule has 2 aromatic heterocycles. The summed E-state index contributed by atoms with van der Waals surface area (Å²) in [5, 5.41) is 4.53. The van der Waals surface area contributed by atoms with Crippen molar-refractivity contribution in [2.24, 2.45) is 0 Å². The van der Waals surface area contributed by atoms with Crippen LogP contribution in [0.4, 0.5) is 4.39 Å². The zero-order valence-electron chi connectivity index (χ0n) is 15.0. The molecule has 0 aliphatic carbocycles. The van der Waals surface area contributed by atoms with E-state index in [4.69, 9.17) is 0 Å². The normalized spacial score (nSPS) is 14.8. The largest absolute Gasteiger partial charge is 0.332 e. The van der Waals surface area contributed by atoms with Crippen LogP contribution in [0.5, 0.6) is 0 Å². The number of hydrogen-bond donors (Lipinski definition) is 0. The second-order valence-electron chi connectivity index (χ2n) is 6.64. The molecule has 1 aliphatic heterocycles. The molecule has 0 radical (unpaired) electrons. The van der Waals surface area contributed by atoms with Gasteiger partial charge in [-0.1, -0.05) is 13.8 Å². The number of carbonyl (C=O) groups is 1. The van der Waals surface area contributed by atoms with Gasteiger partial charge in [0.2, 0.25) is 0 Å². The van der Waals surface area contributed by atoms with Gasteiger partial charge in [-0.05, 0) is 38.3 Å². The number of aromatic nitrogens is 4. The van der Waals surface area contributed by atoms with Crippen LogP contribution in [0.25, 0.3) is 5.95 Å². The Hall–Kier alpha value is -2.57. The molecule has 6 nitrogen and oxygen atoms in total. The topological polar surface area (TPSA) is 63.9 Å². The van der Waals surface area contributed by atoms with Gasteiger partial charge >= 0.3 is 0 Å². The molecule has 7 heteroatoms. The van der Waals surface area contributed by atoms with Gasteiger partial charge in [0.15, 0.2) is 0 Å². The minimum absolute atomic E-state index is 0.0155. The van der Waals surface area contributed by atoms with Crippen LogP contribution in [-0.2, 0) is 0 Å². The van der Waals surface area contributed by atoms with E-state index in [-0.39, 0.29) is 24.2 Å². The molecule has 0 saturated heterocycles. The van der Waals surface area contributed by atoms with E-state index in [0.717, 1.165) is 11.4 Å². The standard InChI is InChI=1S/C18H22FN5O/c1-11(2)16-15(17(25)23-7-5-6-14(19)9-23)10-24(22-16)18-20-12(3)8-13(4)21-18/h6,8,10-11H,5,7,9H2,1-4H3.